The summed E-state index contributed by atoms with van der Waals surface area (Å²) in [5.74, 6) is 2.15. The fraction of sp³-hybridized carbons (Fsp3) is 0.280. The lowest BCUT2D eigenvalue weighted by Gasteiger charge is -2.35. The highest BCUT2D eigenvalue weighted by Gasteiger charge is 2.22. The number of hydrogen-bond acceptors (Lipinski definition) is 8. The number of carbonyl (C=O) groups is 1. The van der Waals surface area contributed by atoms with Crippen LogP contribution in [0.4, 0.5) is 17.5 Å². The van der Waals surface area contributed by atoms with E-state index in [0.29, 0.717) is 49.4 Å². The number of aromatic nitrogens is 5. The summed E-state index contributed by atoms with van der Waals surface area (Å²) < 4.78 is 1.51. The first-order chi connectivity index (χ1) is 17.1. The number of hydrogen-bond donors (Lipinski definition) is 1. The number of para-hydroxylation sites is 1. The van der Waals surface area contributed by atoms with Crippen molar-refractivity contribution in [2.24, 2.45) is 0 Å². The summed E-state index contributed by atoms with van der Waals surface area (Å²) in [7, 11) is 0. The Morgan fingerprint density at radius 3 is 2.54 bits per heavy atom. The molecular weight excluding hydrogens is 444 g/mol. The van der Waals surface area contributed by atoms with Crippen LogP contribution in [0.25, 0.3) is 10.9 Å². The molecular formula is C25H26N8O2. The number of fused-ring (bicyclic) bond motifs is 1. The summed E-state index contributed by atoms with van der Waals surface area (Å²) in [6.07, 6.45) is 1.77. The molecule has 4 aromatic rings. The van der Waals surface area contributed by atoms with Gasteiger partial charge in [0, 0.05) is 44.8 Å². The normalized spacial score (nSPS) is 13.7. The molecule has 4 heterocycles. The lowest BCUT2D eigenvalue weighted by atomic mass is 10.2. The molecule has 0 aliphatic carbocycles. The highest BCUT2D eigenvalue weighted by atomic mass is 16.2. The van der Waals surface area contributed by atoms with E-state index in [0.717, 1.165) is 17.3 Å². The summed E-state index contributed by atoms with van der Waals surface area (Å²) in [5, 5.41) is 12.3. The number of amides is 1. The van der Waals surface area contributed by atoms with Crippen molar-refractivity contribution in [3.05, 3.63) is 77.0 Å². The predicted molar refractivity (Wildman–Crippen MR) is 134 cm³/mol. The first-order valence-electron chi connectivity index (χ1n) is 11.6. The molecule has 10 heteroatoms. The molecule has 0 radical (unpaired) electrons. The Labute approximate surface area is 202 Å². The third-order valence-corrected chi connectivity index (χ3v) is 6.05. The minimum atomic E-state index is -0.122. The van der Waals surface area contributed by atoms with Crippen molar-refractivity contribution in [1.29, 1.82) is 0 Å². The van der Waals surface area contributed by atoms with Crippen LogP contribution in [0.15, 0.2) is 65.7 Å². The van der Waals surface area contributed by atoms with Crippen LogP contribution in [0, 0.1) is 6.92 Å². The summed E-state index contributed by atoms with van der Waals surface area (Å²) in [4.78, 5) is 38.1. The van der Waals surface area contributed by atoms with Crippen LogP contribution in [0.5, 0.6) is 0 Å². The van der Waals surface area contributed by atoms with Gasteiger partial charge in [-0.2, -0.15) is 0 Å². The molecule has 3 aromatic heterocycles. The standard InChI is InChI=1S/C25H26N8O2/c1-18-5-4-8-21(27-18)28-22-9-10-23(30-29-22)31-13-15-32(16-14-31)24(34)11-12-33-17-26-20-7-3-2-6-19(20)25(33)35/h2-10,17H,11-16H2,1H3,(H,27,28,29). The van der Waals surface area contributed by atoms with E-state index in [4.69, 9.17) is 0 Å². The largest absolute Gasteiger partial charge is 0.352 e. The average molecular weight is 471 g/mol. The fourth-order valence-electron chi connectivity index (χ4n) is 4.13. The Morgan fingerprint density at radius 1 is 0.943 bits per heavy atom. The molecule has 1 N–H and O–H groups in total. The molecule has 1 aromatic carbocycles. The first kappa shape index (κ1) is 22.5. The highest BCUT2D eigenvalue weighted by Crippen LogP contribution is 2.17. The monoisotopic (exact) mass is 470 g/mol. The van der Waals surface area contributed by atoms with E-state index in [1.165, 1.54) is 10.9 Å². The lowest BCUT2D eigenvalue weighted by Crippen LogP contribution is -2.49. The summed E-state index contributed by atoms with van der Waals surface area (Å²) >= 11 is 0. The molecule has 0 spiro atoms. The molecule has 1 aliphatic rings. The Kier molecular flexibility index (Phi) is 6.34. The first-order valence-corrected chi connectivity index (χ1v) is 11.6. The van der Waals surface area contributed by atoms with Crippen molar-refractivity contribution in [3.8, 4) is 0 Å². The number of nitrogens with one attached hydrogen (secondary N) is 1. The van der Waals surface area contributed by atoms with Crippen LogP contribution in [0.3, 0.4) is 0 Å². The van der Waals surface area contributed by atoms with Gasteiger partial charge in [-0.15, -0.1) is 10.2 Å². The second kappa shape index (κ2) is 9.88. The third kappa shape index (κ3) is 5.11. The molecule has 0 saturated carbocycles. The van der Waals surface area contributed by atoms with E-state index in [9.17, 15) is 9.59 Å². The van der Waals surface area contributed by atoms with Crippen LogP contribution in [0.1, 0.15) is 12.1 Å². The van der Waals surface area contributed by atoms with Crippen molar-refractivity contribution >= 4 is 34.3 Å². The van der Waals surface area contributed by atoms with Crippen molar-refractivity contribution < 1.29 is 4.79 Å². The SMILES string of the molecule is Cc1cccc(Nc2ccc(N3CCN(C(=O)CCn4cnc5ccccc5c4=O)CC3)nn2)n1. The molecule has 178 valence electrons. The van der Waals surface area contributed by atoms with Crippen molar-refractivity contribution in [2.45, 2.75) is 19.9 Å². The number of anilines is 3. The van der Waals surface area contributed by atoms with Gasteiger partial charge in [0.15, 0.2) is 11.6 Å². The van der Waals surface area contributed by atoms with Gasteiger partial charge in [0.25, 0.3) is 5.56 Å². The van der Waals surface area contributed by atoms with Gasteiger partial charge in [-0.3, -0.25) is 14.2 Å². The summed E-state index contributed by atoms with van der Waals surface area (Å²) in [6, 6.07) is 16.8. The van der Waals surface area contributed by atoms with Crippen molar-refractivity contribution in [2.75, 3.05) is 36.4 Å². The smallest absolute Gasteiger partial charge is 0.261 e. The van der Waals surface area contributed by atoms with E-state index in [-0.39, 0.29) is 17.9 Å². The van der Waals surface area contributed by atoms with E-state index < -0.39 is 0 Å². The van der Waals surface area contributed by atoms with Gasteiger partial charge in [-0.05, 0) is 43.3 Å². The number of piperazine rings is 1. The minimum Gasteiger partial charge on any atom is -0.352 e. The Bertz CT molecular complexity index is 1390. The zero-order valence-electron chi connectivity index (χ0n) is 19.5. The van der Waals surface area contributed by atoms with Crippen molar-refractivity contribution in [1.82, 2.24) is 29.6 Å². The molecule has 0 unspecified atom stereocenters. The van der Waals surface area contributed by atoms with Gasteiger partial charge < -0.3 is 15.1 Å². The quantitative estimate of drug-likeness (QED) is 0.458. The number of benzene rings is 1. The maximum absolute atomic E-state index is 12.8. The van der Waals surface area contributed by atoms with E-state index in [1.807, 2.05) is 60.4 Å². The van der Waals surface area contributed by atoms with Gasteiger partial charge in [0.1, 0.15) is 5.82 Å². The van der Waals surface area contributed by atoms with E-state index in [2.05, 4.69) is 30.4 Å². The molecule has 1 aliphatic heterocycles. The molecule has 0 atom stereocenters. The fourth-order valence-corrected chi connectivity index (χ4v) is 4.13. The Hall–Kier alpha value is -4.34. The zero-order chi connectivity index (χ0) is 24.2. The van der Waals surface area contributed by atoms with Crippen LogP contribution in [-0.2, 0) is 11.3 Å². The zero-order valence-corrected chi connectivity index (χ0v) is 19.5. The van der Waals surface area contributed by atoms with Gasteiger partial charge in [-0.1, -0.05) is 18.2 Å². The van der Waals surface area contributed by atoms with Crippen LogP contribution < -0.4 is 15.8 Å². The average Bonchev–Trinajstić information content (AvgIpc) is 2.89. The summed E-state index contributed by atoms with van der Waals surface area (Å²) in [6.45, 7) is 4.78. The molecule has 1 fully saturated rings. The van der Waals surface area contributed by atoms with Gasteiger partial charge in [0.05, 0.1) is 17.2 Å². The Balaban J connectivity index is 1.13. The topological polar surface area (TPSA) is 109 Å². The number of carbonyl (C=O) groups excluding carboxylic acids is 1. The molecule has 35 heavy (non-hydrogen) atoms. The van der Waals surface area contributed by atoms with Gasteiger partial charge in [-0.25, -0.2) is 9.97 Å². The van der Waals surface area contributed by atoms with E-state index >= 15 is 0 Å². The maximum Gasteiger partial charge on any atom is 0.261 e. The molecule has 10 nitrogen and oxygen atoms in total. The molecule has 1 saturated heterocycles. The van der Waals surface area contributed by atoms with Crippen LogP contribution >= 0.6 is 0 Å². The third-order valence-electron chi connectivity index (χ3n) is 6.05. The second-order valence-corrected chi connectivity index (χ2v) is 8.44. The van der Waals surface area contributed by atoms with E-state index in [1.54, 1.807) is 6.07 Å². The number of aryl methyl sites for hydroxylation is 2. The number of pyridine rings is 1. The van der Waals surface area contributed by atoms with Crippen LogP contribution in [-0.4, -0.2) is 61.7 Å². The van der Waals surface area contributed by atoms with Crippen molar-refractivity contribution in [3.63, 3.8) is 0 Å². The van der Waals surface area contributed by atoms with Gasteiger partial charge >= 0.3 is 0 Å². The van der Waals surface area contributed by atoms with Gasteiger partial charge in [0.2, 0.25) is 5.91 Å². The molecule has 1 amide bonds. The lowest BCUT2D eigenvalue weighted by molar-refractivity contribution is -0.131. The second-order valence-electron chi connectivity index (χ2n) is 8.44. The van der Waals surface area contributed by atoms with Crippen LogP contribution in [0.2, 0.25) is 0 Å². The minimum absolute atomic E-state index is 0.0287. The predicted octanol–water partition coefficient (Wildman–Crippen LogP) is 2.37. The molecule has 0 bridgehead atoms. The summed E-state index contributed by atoms with van der Waals surface area (Å²) in [5.41, 5.74) is 1.46. The maximum atomic E-state index is 12.8. The number of rotatable bonds is 6. The molecule has 5 rings (SSSR count). The Morgan fingerprint density at radius 2 is 1.77 bits per heavy atom. The highest BCUT2D eigenvalue weighted by molar-refractivity contribution is 5.78. The number of nitrogens with zero attached hydrogens (tertiary/aromatic N) is 7.